The second-order valence-electron chi connectivity index (χ2n) is 13.1. The second-order valence-corrected chi connectivity index (χ2v) is 15.6. The first-order chi connectivity index (χ1) is 25.2. The molecule has 53 heavy (non-hydrogen) atoms. The van der Waals surface area contributed by atoms with Crippen molar-refractivity contribution >= 4 is 57.2 Å². The molecular formula is C38H48N4O9S2. The Morgan fingerprint density at radius 3 is 2.26 bits per heavy atom. The number of phenols is 1. The standard InChI is InChI=1S/C38H48N4O9S2/c1-5-7-18-38(19-8-6-2)24-42(27-12-10-9-11-13-27)30-20-32(52-4)31(21-33(30)53(49,50)41-38)51-23-34(45)40-35(26-14-16-28(44)17-15-26)36(46)39-22-29(25(3)43)37(47)48/h9-17,20-22,25,29,35,41,43-44H,5-8,18-19,23-24H2,1-4H3,(H,40,45)(H,47,48)/t25-,29-,35?/m1/s1. The maximum absolute atomic E-state index is 14.3. The molecule has 15 heteroatoms. The number of rotatable bonds is 17. The summed E-state index contributed by atoms with van der Waals surface area (Å²) >= 11 is 1.32. The monoisotopic (exact) mass is 768 g/mol. The molecule has 0 spiro atoms. The van der Waals surface area contributed by atoms with Crippen LogP contribution in [0.2, 0.25) is 0 Å². The zero-order valence-corrected chi connectivity index (χ0v) is 32.0. The summed E-state index contributed by atoms with van der Waals surface area (Å²) in [7, 11) is -4.09. The molecule has 0 radical (unpaired) electrons. The Morgan fingerprint density at radius 2 is 1.70 bits per heavy atom. The van der Waals surface area contributed by atoms with E-state index >= 15 is 0 Å². The number of carbonyl (C=O) groups is 3. The van der Waals surface area contributed by atoms with Gasteiger partial charge < -0.3 is 30.3 Å². The minimum Gasteiger partial charge on any atom is -0.508 e. The normalized spacial score (nSPS) is 16.6. The number of aliphatic carboxylic acids is 1. The first-order valence-corrected chi connectivity index (χ1v) is 20.2. The molecule has 13 nitrogen and oxygen atoms in total. The molecule has 1 aliphatic rings. The Kier molecular flexibility index (Phi) is 14.5. The highest BCUT2D eigenvalue weighted by Crippen LogP contribution is 2.44. The van der Waals surface area contributed by atoms with Gasteiger partial charge in [-0.25, -0.2) is 18.1 Å². The van der Waals surface area contributed by atoms with Crippen LogP contribution in [-0.2, 0) is 24.4 Å². The quantitative estimate of drug-likeness (QED) is 0.0850. The average Bonchev–Trinajstić information content (AvgIpc) is 3.22. The van der Waals surface area contributed by atoms with Gasteiger partial charge in [-0.05, 0) is 61.9 Å². The molecule has 0 aliphatic carbocycles. The molecule has 0 saturated heterocycles. The Morgan fingerprint density at radius 1 is 1.06 bits per heavy atom. The van der Waals surface area contributed by atoms with E-state index in [0.29, 0.717) is 30.0 Å². The number of ether oxygens (including phenoxy) is 1. The minimum atomic E-state index is -4.09. The number of thioether (sulfide) groups is 1. The van der Waals surface area contributed by atoms with E-state index in [4.69, 9.17) is 4.74 Å². The van der Waals surface area contributed by atoms with Crippen molar-refractivity contribution in [2.75, 3.05) is 24.3 Å². The lowest BCUT2D eigenvalue weighted by Crippen LogP contribution is -2.53. The number of aliphatic hydroxyl groups excluding tert-OH is 1. The van der Waals surface area contributed by atoms with Gasteiger partial charge in [-0.3, -0.25) is 14.4 Å². The number of hydrogen-bond acceptors (Lipinski definition) is 10. The number of carboxylic acid groups (broad SMARTS) is 1. The van der Waals surface area contributed by atoms with Crippen molar-refractivity contribution in [1.29, 1.82) is 0 Å². The van der Waals surface area contributed by atoms with Crippen LogP contribution in [0.5, 0.6) is 11.5 Å². The van der Waals surface area contributed by atoms with E-state index in [9.17, 15) is 38.1 Å². The Bertz CT molecular complexity index is 1860. The van der Waals surface area contributed by atoms with Crippen LogP contribution in [0.1, 0.15) is 70.9 Å². The van der Waals surface area contributed by atoms with E-state index < -0.39 is 58.0 Å². The number of sulfonamides is 1. The number of nitrogens with zero attached hydrogens (tertiary/aromatic N) is 2. The minimum absolute atomic E-state index is 0.00187. The van der Waals surface area contributed by atoms with Gasteiger partial charge in [0, 0.05) is 24.5 Å². The van der Waals surface area contributed by atoms with Gasteiger partial charge >= 0.3 is 5.97 Å². The van der Waals surface area contributed by atoms with Crippen LogP contribution < -0.4 is 19.7 Å². The summed E-state index contributed by atoms with van der Waals surface area (Å²) in [6.45, 7) is 5.20. The number of hydrogen-bond donors (Lipinski definition) is 5. The zero-order chi connectivity index (χ0) is 38.8. The molecule has 3 atom stereocenters. The number of carbonyl (C=O) groups excluding carboxylic acids is 2. The van der Waals surface area contributed by atoms with Crippen LogP contribution in [0.3, 0.4) is 0 Å². The van der Waals surface area contributed by atoms with Gasteiger partial charge in [0.2, 0.25) is 10.0 Å². The van der Waals surface area contributed by atoms with Gasteiger partial charge in [-0.15, -0.1) is 11.8 Å². The summed E-state index contributed by atoms with van der Waals surface area (Å²) in [4.78, 5) is 44.4. The molecule has 0 aromatic heterocycles. The molecule has 3 aromatic carbocycles. The topological polar surface area (TPSA) is 195 Å². The molecule has 1 heterocycles. The fourth-order valence-electron chi connectivity index (χ4n) is 6.17. The second kappa shape index (κ2) is 18.5. The molecule has 286 valence electrons. The van der Waals surface area contributed by atoms with Crippen molar-refractivity contribution in [3.63, 3.8) is 0 Å². The maximum atomic E-state index is 14.3. The summed E-state index contributed by atoms with van der Waals surface area (Å²) in [5, 5.41) is 31.5. The number of unbranched alkanes of at least 4 members (excludes halogenated alkanes) is 2. The smallest absolute Gasteiger partial charge is 0.314 e. The van der Waals surface area contributed by atoms with Crippen molar-refractivity contribution in [3.8, 4) is 11.5 Å². The molecular weight excluding hydrogens is 721 g/mol. The number of benzene rings is 3. The van der Waals surface area contributed by atoms with Crippen LogP contribution in [-0.4, -0.2) is 78.8 Å². The van der Waals surface area contributed by atoms with Crippen molar-refractivity contribution in [1.82, 2.24) is 10.0 Å². The molecule has 3 aromatic rings. The number of aliphatic imine (C=N–C) groups is 1. The number of fused-ring (bicyclic) bond motifs is 1. The summed E-state index contributed by atoms with van der Waals surface area (Å²) in [6.07, 6.45) is 6.06. The zero-order valence-electron chi connectivity index (χ0n) is 30.3. The summed E-state index contributed by atoms with van der Waals surface area (Å²) in [5.74, 6) is -4.50. The number of aliphatic hydroxyl groups is 1. The van der Waals surface area contributed by atoms with Crippen molar-refractivity contribution in [2.45, 2.75) is 86.8 Å². The number of amides is 2. The van der Waals surface area contributed by atoms with Crippen LogP contribution in [0, 0.1) is 5.92 Å². The van der Waals surface area contributed by atoms with E-state index in [1.165, 1.54) is 49.0 Å². The molecule has 5 N–H and O–H groups in total. The van der Waals surface area contributed by atoms with Gasteiger partial charge in [0.15, 0.2) is 6.61 Å². The summed E-state index contributed by atoms with van der Waals surface area (Å²) in [6, 6.07) is 16.8. The van der Waals surface area contributed by atoms with E-state index in [0.717, 1.165) is 37.6 Å². The largest absolute Gasteiger partial charge is 0.508 e. The summed E-state index contributed by atoms with van der Waals surface area (Å²) < 4.78 is 37.6. The highest BCUT2D eigenvalue weighted by molar-refractivity contribution is 7.98. The molecule has 0 bridgehead atoms. The number of para-hydroxylation sites is 1. The third kappa shape index (κ3) is 10.6. The van der Waals surface area contributed by atoms with Crippen molar-refractivity contribution in [3.05, 3.63) is 72.3 Å². The van der Waals surface area contributed by atoms with Gasteiger partial charge in [0.05, 0.1) is 22.2 Å². The third-order valence-corrected chi connectivity index (χ3v) is 11.4. The van der Waals surface area contributed by atoms with E-state index in [2.05, 4.69) is 28.9 Å². The maximum Gasteiger partial charge on any atom is 0.314 e. The third-order valence-electron chi connectivity index (χ3n) is 9.03. The van der Waals surface area contributed by atoms with Gasteiger partial charge in [0.25, 0.3) is 11.8 Å². The van der Waals surface area contributed by atoms with Crippen LogP contribution in [0.4, 0.5) is 11.4 Å². The fraction of sp³-hybridized carbons (Fsp3) is 0.421. The number of carboxylic acids is 1. The van der Waals surface area contributed by atoms with Crippen molar-refractivity contribution < 1.29 is 42.9 Å². The lowest BCUT2D eigenvalue weighted by molar-refractivity contribution is -0.141. The predicted molar refractivity (Wildman–Crippen MR) is 205 cm³/mol. The van der Waals surface area contributed by atoms with E-state index in [-0.39, 0.29) is 22.0 Å². The predicted octanol–water partition coefficient (Wildman–Crippen LogP) is 5.58. The lowest BCUT2D eigenvalue weighted by Gasteiger charge is -2.37. The summed E-state index contributed by atoms with van der Waals surface area (Å²) in [5.41, 5.74) is 0.816. The number of phenolic OH excluding ortho intramolecular Hbond substituents is 1. The highest BCUT2D eigenvalue weighted by atomic mass is 32.2. The molecule has 4 rings (SSSR count). The van der Waals surface area contributed by atoms with Gasteiger partial charge in [-0.1, -0.05) is 69.9 Å². The van der Waals surface area contributed by atoms with Crippen molar-refractivity contribution in [2.24, 2.45) is 10.9 Å². The molecule has 1 aliphatic heterocycles. The first-order valence-electron chi connectivity index (χ1n) is 17.5. The number of anilines is 2. The van der Waals surface area contributed by atoms with E-state index in [1.54, 1.807) is 6.07 Å². The Labute approximate surface area is 314 Å². The number of aromatic hydroxyl groups is 1. The molecule has 1 unspecified atom stereocenters. The van der Waals surface area contributed by atoms with Crippen LogP contribution >= 0.6 is 11.8 Å². The van der Waals surface area contributed by atoms with E-state index in [1.807, 2.05) is 41.5 Å². The lowest BCUT2D eigenvalue weighted by atomic mass is 9.87. The Balaban J connectivity index is 1.68. The molecule has 0 saturated carbocycles. The average molecular weight is 769 g/mol. The van der Waals surface area contributed by atoms with Gasteiger partial charge in [-0.2, -0.15) is 0 Å². The SMILES string of the molecule is CCCCC1(CCCC)CN(c2ccccc2)c2cc(SC)c(OCC(=O)NC(C(=O)N=C[C@@H](C(=O)O)[C@@H](C)O)c3ccc(O)cc3)cc2S(=O)(=O)N1. The first kappa shape index (κ1) is 41.3. The number of nitrogens with one attached hydrogen (secondary N) is 2. The molecule has 0 fully saturated rings. The Hall–Kier alpha value is -4.44. The highest BCUT2D eigenvalue weighted by Gasteiger charge is 2.42. The van der Waals surface area contributed by atoms with Gasteiger partial charge in [0.1, 0.15) is 28.4 Å². The van der Waals surface area contributed by atoms with Crippen LogP contribution in [0.25, 0.3) is 0 Å². The van der Waals surface area contributed by atoms with Crippen LogP contribution in [0.15, 0.2) is 81.5 Å². The molecule has 2 amide bonds. The fourth-order valence-corrected chi connectivity index (χ4v) is 8.37.